The zero-order chi connectivity index (χ0) is 35.0. The SMILES string of the molecule is C[C@H]1O[C@@H](O[C@H]2[C@H](Oc3cc(O)c4c(=O)cc(-c5ccc(O)c(O)c5)oc4c3)O[C@H](COC(=O)CC(=O)O)[C@H](O)[C@@H]2O)[C@H](O)[C@@H](O)[C@H]1O. The van der Waals surface area contributed by atoms with Crippen LogP contribution in [0.4, 0.5) is 0 Å². The number of aliphatic carboxylic acids is 1. The van der Waals surface area contributed by atoms with Gasteiger partial charge < -0.3 is 74.1 Å². The summed E-state index contributed by atoms with van der Waals surface area (Å²) < 4.78 is 33.3. The van der Waals surface area contributed by atoms with Crippen molar-refractivity contribution >= 4 is 22.9 Å². The standard InChI is InChI=1S/C30H32O18/c1-10-23(38)25(40)27(42)29(44-10)48-28-26(41)24(39)19(9-43-21(37)8-20(35)36)47-30(28)45-12-5-15(33)22-16(34)7-17(46-18(22)6-12)11-2-3-13(31)14(32)4-11/h2-7,10,19,23-33,38-42H,8-9H2,1H3,(H,35,36)/t10-,19-,23+,24+,25+,26+,27-,28-,29+,30-/m1/s1. The van der Waals surface area contributed by atoms with E-state index >= 15 is 0 Å². The van der Waals surface area contributed by atoms with E-state index in [9.17, 15) is 55.2 Å². The average Bonchev–Trinajstić information content (AvgIpc) is 3.02. The van der Waals surface area contributed by atoms with Crippen LogP contribution in [0.25, 0.3) is 22.3 Å². The Labute approximate surface area is 269 Å². The monoisotopic (exact) mass is 680 g/mol. The lowest BCUT2D eigenvalue weighted by molar-refractivity contribution is -0.354. The van der Waals surface area contributed by atoms with Crippen LogP contribution in [0.2, 0.25) is 0 Å². The van der Waals surface area contributed by atoms with Gasteiger partial charge in [0.05, 0.1) is 6.10 Å². The number of phenolic OH excluding ortho intramolecular Hbond substituents is 3. The number of fused-ring (bicyclic) bond motifs is 1. The second-order valence-corrected chi connectivity index (χ2v) is 11.2. The van der Waals surface area contributed by atoms with Gasteiger partial charge >= 0.3 is 11.9 Å². The molecule has 48 heavy (non-hydrogen) atoms. The fourth-order valence-electron chi connectivity index (χ4n) is 5.18. The van der Waals surface area contributed by atoms with Crippen LogP contribution in [0.15, 0.2) is 45.6 Å². The van der Waals surface area contributed by atoms with E-state index in [-0.39, 0.29) is 28.0 Å². The first kappa shape index (κ1) is 34.8. The van der Waals surface area contributed by atoms with E-state index in [0.29, 0.717) is 0 Å². The summed E-state index contributed by atoms with van der Waals surface area (Å²) in [6.45, 7) is 0.607. The van der Waals surface area contributed by atoms with Crippen LogP contribution in [0.3, 0.4) is 0 Å². The van der Waals surface area contributed by atoms with E-state index in [1.54, 1.807) is 0 Å². The van der Waals surface area contributed by atoms with Crippen LogP contribution in [0.5, 0.6) is 23.0 Å². The number of carbonyl (C=O) groups is 2. The summed E-state index contributed by atoms with van der Waals surface area (Å²) in [5, 5.41) is 91.4. The van der Waals surface area contributed by atoms with Gasteiger partial charge in [0.15, 0.2) is 29.3 Å². The first-order valence-electron chi connectivity index (χ1n) is 14.4. The van der Waals surface area contributed by atoms with E-state index in [2.05, 4.69) is 0 Å². The topological polar surface area (TPSA) is 293 Å². The predicted octanol–water partition coefficient (Wildman–Crippen LogP) is -1.37. The number of ether oxygens (including phenoxy) is 5. The Balaban J connectivity index is 1.48. The maximum absolute atomic E-state index is 12.9. The van der Waals surface area contributed by atoms with Crippen LogP contribution in [-0.2, 0) is 28.5 Å². The van der Waals surface area contributed by atoms with Crippen molar-refractivity contribution < 1.29 is 83.6 Å². The minimum Gasteiger partial charge on any atom is -0.507 e. The molecule has 2 saturated heterocycles. The summed E-state index contributed by atoms with van der Waals surface area (Å²) in [6, 6.07) is 6.82. The van der Waals surface area contributed by atoms with Crippen molar-refractivity contribution in [2.45, 2.75) is 74.8 Å². The Hall–Kier alpha value is -4.53. The van der Waals surface area contributed by atoms with Crippen LogP contribution in [0.1, 0.15) is 13.3 Å². The molecule has 260 valence electrons. The van der Waals surface area contributed by atoms with Crippen molar-refractivity contribution in [2.75, 3.05) is 6.61 Å². The number of esters is 1. The van der Waals surface area contributed by atoms with Gasteiger partial charge in [0.2, 0.25) is 6.29 Å². The van der Waals surface area contributed by atoms with Crippen molar-refractivity contribution in [1.29, 1.82) is 0 Å². The molecule has 0 unspecified atom stereocenters. The second-order valence-electron chi connectivity index (χ2n) is 11.2. The smallest absolute Gasteiger partial charge is 0.317 e. The molecule has 5 rings (SSSR count). The highest BCUT2D eigenvalue weighted by Crippen LogP contribution is 2.36. The zero-order valence-corrected chi connectivity index (χ0v) is 24.9. The molecular formula is C30H32O18. The van der Waals surface area contributed by atoms with Crippen molar-refractivity contribution in [3.8, 4) is 34.3 Å². The Bertz CT molecular complexity index is 1720. The minimum absolute atomic E-state index is 0.0745. The van der Waals surface area contributed by atoms with Crippen LogP contribution >= 0.6 is 0 Å². The van der Waals surface area contributed by atoms with E-state index in [4.69, 9.17) is 33.2 Å². The highest BCUT2D eigenvalue weighted by molar-refractivity contribution is 5.90. The van der Waals surface area contributed by atoms with Gasteiger partial charge in [-0.05, 0) is 25.1 Å². The minimum atomic E-state index is -1.94. The van der Waals surface area contributed by atoms with E-state index < -0.39 is 109 Å². The van der Waals surface area contributed by atoms with Crippen molar-refractivity contribution in [3.63, 3.8) is 0 Å². The van der Waals surface area contributed by atoms with Gasteiger partial charge in [-0.3, -0.25) is 14.4 Å². The van der Waals surface area contributed by atoms with E-state index in [0.717, 1.165) is 30.3 Å². The fourth-order valence-corrected chi connectivity index (χ4v) is 5.18. The van der Waals surface area contributed by atoms with Gasteiger partial charge in [0, 0.05) is 23.8 Å². The van der Waals surface area contributed by atoms with Gasteiger partial charge in [-0.2, -0.15) is 0 Å². The van der Waals surface area contributed by atoms with Crippen molar-refractivity contribution in [1.82, 2.24) is 0 Å². The Morgan fingerprint density at radius 3 is 2.23 bits per heavy atom. The lowest BCUT2D eigenvalue weighted by atomic mass is 9.97. The van der Waals surface area contributed by atoms with Crippen LogP contribution < -0.4 is 10.2 Å². The molecule has 3 aromatic rings. The third-order valence-electron chi connectivity index (χ3n) is 7.74. The quantitative estimate of drug-likeness (QED) is 0.0716. The second kappa shape index (κ2) is 13.9. The molecule has 0 aliphatic carbocycles. The highest BCUT2D eigenvalue weighted by Gasteiger charge is 2.51. The van der Waals surface area contributed by atoms with E-state index in [1.807, 2.05) is 0 Å². The number of aliphatic hydroxyl groups excluding tert-OH is 5. The van der Waals surface area contributed by atoms with Crippen molar-refractivity contribution in [2.24, 2.45) is 0 Å². The fraction of sp³-hybridized carbons (Fsp3) is 0.433. The number of carboxylic acids is 1. The molecule has 18 nitrogen and oxygen atoms in total. The number of hydrogen-bond acceptors (Lipinski definition) is 17. The first-order valence-corrected chi connectivity index (χ1v) is 14.4. The Kier molecular flexibility index (Phi) is 10.1. The molecule has 0 amide bonds. The third kappa shape index (κ3) is 7.15. The molecule has 0 bridgehead atoms. The molecule has 0 spiro atoms. The summed E-state index contributed by atoms with van der Waals surface area (Å²) in [5.41, 5.74) is -0.743. The number of phenols is 3. The number of hydrogen-bond donors (Lipinski definition) is 9. The molecule has 2 aliphatic rings. The normalized spacial score (nSPS) is 30.5. The van der Waals surface area contributed by atoms with Crippen LogP contribution in [-0.4, -0.2) is 126 Å². The molecule has 10 atom stereocenters. The molecule has 2 aliphatic heterocycles. The summed E-state index contributed by atoms with van der Waals surface area (Å²) in [7, 11) is 0. The largest absolute Gasteiger partial charge is 0.507 e. The molecular weight excluding hydrogens is 648 g/mol. The van der Waals surface area contributed by atoms with Gasteiger partial charge in [-0.25, -0.2) is 0 Å². The van der Waals surface area contributed by atoms with Gasteiger partial charge in [0.1, 0.15) is 77.9 Å². The maximum Gasteiger partial charge on any atom is 0.317 e. The maximum atomic E-state index is 12.9. The number of carbonyl (C=O) groups excluding carboxylic acids is 1. The summed E-state index contributed by atoms with van der Waals surface area (Å²) in [4.78, 5) is 35.6. The molecule has 3 heterocycles. The molecule has 18 heteroatoms. The first-order chi connectivity index (χ1) is 22.6. The lowest BCUT2D eigenvalue weighted by Crippen LogP contribution is -2.64. The number of aromatic hydroxyl groups is 3. The number of benzene rings is 2. The molecule has 9 N–H and O–H groups in total. The zero-order valence-electron chi connectivity index (χ0n) is 24.9. The molecule has 2 aromatic carbocycles. The van der Waals surface area contributed by atoms with Gasteiger partial charge in [-0.1, -0.05) is 0 Å². The van der Waals surface area contributed by atoms with E-state index in [1.165, 1.54) is 13.0 Å². The Morgan fingerprint density at radius 1 is 0.812 bits per heavy atom. The van der Waals surface area contributed by atoms with Crippen molar-refractivity contribution in [3.05, 3.63) is 46.6 Å². The van der Waals surface area contributed by atoms with Gasteiger partial charge in [0.25, 0.3) is 0 Å². The third-order valence-corrected chi connectivity index (χ3v) is 7.74. The Morgan fingerprint density at radius 2 is 1.54 bits per heavy atom. The van der Waals surface area contributed by atoms with Gasteiger partial charge in [-0.15, -0.1) is 0 Å². The summed E-state index contributed by atoms with van der Waals surface area (Å²) in [5.74, 6) is -4.56. The lowest BCUT2D eigenvalue weighted by Gasteiger charge is -2.45. The number of rotatable bonds is 9. The molecule has 0 saturated carbocycles. The predicted molar refractivity (Wildman–Crippen MR) is 155 cm³/mol. The molecule has 2 fully saturated rings. The average molecular weight is 681 g/mol. The number of carboxylic acid groups (broad SMARTS) is 1. The number of aliphatic hydroxyl groups is 5. The van der Waals surface area contributed by atoms with Crippen LogP contribution in [0, 0.1) is 0 Å². The molecule has 0 radical (unpaired) electrons. The summed E-state index contributed by atoms with van der Waals surface area (Å²) >= 11 is 0. The highest BCUT2D eigenvalue weighted by atomic mass is 16.8. The summed E-state index contributed by atoms with van der Waals surface area (Å²) in [6.07, 6.45) is -17.8. The molecule has 1 aromatic heterocycles.